The van der Waals surface area contributed by atoms with Gasteiger partial charge in [-0.25, -0.2) is 4.68 Å². The van der Waals surface area contributed by atoms with Crippen LogP contribution in [0.25, 0.3) is 16.7 Å². The molecular weight excluding hydrogens is 368 g/mol. The van der Waals surface area contributed by atoms with Crippen LogP contribution < -0.4 is 10.5 Å². The fraction of sp³-hybridized carbons (Fsp3) is 0.476. The Hall–Kier alpha value is -2.71. The molecule has 2 aliphatic rings. The minimum atomic E-state index is -0.136. The number of fused-ring (bicyclic) bond motifs is 1. The van der Waals surface area contributed by atoms with Crippen LogP contribution in [-0.2, 0) is 4.74 Å². The number of ether oxygens (including phenoxy) is 1. The lowest BCUT2D eigenvalue weighted by atomic mass is 10.0. The molecule has 8 nitrogen and oxygen atoms in total. The average Bonchev–Trinajstić information content (AvgIpc) is 3.20. The van der Waals surface area contributed by atoms with Gasteiger partial charge in [0.15, 0.2) is 5.65 Å². The van der Waals surface area contributed by atoms with E-state index in [9.17, 15) is 4.79 Å². The maximum Gasteiger partial charge on any atom is 0.263 e. The van der Waals surface area contributed by atoms with Crippen LogP contribution in [0, 0.1) is 0 Å². The molecule has 1 N–H and O–H groups in total. The third kappa shape index (κ3) is 3.65. The van der Waals surface area contributed by atoms with Gasteiger partial charge in [-0.15, -0.1) is 0 Å². The third-order valence-corrected chi connectivity index (χ3v) is 5.90. The number of nitrogens with zero attached hydrogens (tertiary/aromatic N) is 5. The highest BCUT2D eigenvalue weighted by molar-refractivity contribution is 5.76. The van der Waals surface area contributed by atoms with E-state index in [0.29, 0.717) is 23.0 Å². The Morgan fingerprint density at radius 2 is 1.93 bits per heavy atom. The predicted molar refractivity (Wildman–Crippen MR) is 112 cm³/mol. The largest absolute Gasteiger partial charge is 0.379 e. The first-order chi connectivity index (χ1) is 14.3. The Morgan fingerprint density at radius 1 is 1.10 bits per heavy atom. The number of anilines is 1. The number of para-hydroxylation sites is 1. The molecule has 4 heterocycles. The van der Waals surface area contributed by atoms with E-state index in [2.05, 4.69) is 19.9 Å². The number of piperidine rings is 1. The van der Waals surface area contributed by atoms with Gasteiger partial charge < -0.3 is 9.64 Å². The lowest BCUT2D eigenvalue weighted by Gasteiger charge is -2.39. The highest BCUT2D eigenvalue weighted by Crippen LogP contribution is 2.24. The van der Waals surface area contributed by atoms with Gasteiger partial charge in [0.1, 0.15) is 5.39 Å². The zero-order valence-electron chi connectivity index (χ0n) is 16.5. The smallest absolute Gasteiger partial charge is 0.263 e. The summed E-state index contributed by atoms with van der Waals surface area (Å²) in [7, 11) is 0. The van der Waals surface area contributed by atoms with Crippen molar-refractivity contribution in [2.75, 3.05) is 44.3 Å². The third-order valence-electron chi connectivity index (χ3n) is 5.90. The molecule has 0 amide bonds. The number of aromatic amines is 1. The van der Waals surface area contributed by atoms with Gasteiger partial charge in [-0.3, -0.25) is 14.7 Å². The zero-order valence-corrected chi connectivity index (χ0v) is 16.5. The Balaban J connectivity index is 1.50. The topological polar surface area (TPSA) is 79.3 Å². The van der Waals surface area contributed by atoms with E-state index in [0.717, 1.165) is 57.9 Å². The van der Waals surface area contributed by atoms with Gasteiger partial charge in [0.25, 0.3) is 5.56 Å². The van der Waals surface area contributed by atoms with Gasteiger partial charge >= 0.3 is 0 Å². The molecule has 1 unspecified atom stereocenters. The van der Waals surface area contributed by atoms with Crippen molar-refractivity contribution < 1.29 is 4.74 Å². The molecule has 8 heteroatoms. The van der Waals surface area contributed by atoms with Gasteiger partial charge in [0.05, 0.1) is 25.1 Å². The monoisotopic (exact) mass is 394 g/mol. The molecule has 0 saturated carbocycles. The SMILES string of the molecule is O=c1[nH]c(N2CCCCC2CN2CCOCC2)nc2c1cnn2-c1ccccc1. The standard InChI is InChI=1S/C21H26N6O2/c28-20-18-14-22-27(16-6-2-1-3-7-16)19(18)23-21(24-20)26-9-5-4-8-17(26)15-25-10-12-29-13-11-25/h1-3,6-7,14,17H,4-5,8-13,15H2,(H,23,24,28). The molecule has 0 radical (unpaired) electrons. The van der Waals surface area contributed by atoms with Gasteiger partial charge in [-0.2, -0.15) is 10.1 Å². The highest BCUT2D eigenvalue weighted by atomic mass is 16.5. The van der Waals surface area contributed by atoms with Crippen LogP contribution in [0.2, 0.25) is 0 Å². The van der Waals surface area contributed by atoms with E-state index in [1.807, 2.05) is 30.3 Å². The van der Waals surface area contributed by atoms with Crippen LogP contribution in [0.5, 0.6) is 0 Å². The molecule has 3 aromatic rings. The highest BCUT2D eigenvalue weighted by Gasteiger charge is 2.28. The lowest BCUT2D eigenvalue weighted by molar-refractivity contribution is 0.0338. The quantitative estimate of drug-likeness (QED) is 0.727. The second-order valence-corrected chi connectivity index (χ2v) is 7.77. The number of rotatable bonds is 4. The van der Waals surface area contributed by atoms with Crippen molar-refractivity contribution in [3.63, 3.8) is 0 Å². The maximum atomic E-state index is 12.8. The summed E-state index contributed by atoms with van der Waals surface area (Å²) in [5.41, 5.74) is 1.36. The van der Waals surface area contributed by atoms with E-state index in [1.54, 1.807) is 10.9 Å². The van der Waals surface area contributed by atoms with Crippen LogP contribution in [0.4, 0.5) is 5.95 Å². The molecule has 0 bridgehead atoms. The van der Waals surface area contributed by atoms with E-state index in [4.69, 9.17) is 9.72 Å². The van der Waals surface area contributed by atoms with E-state index in [-0.39, 0.29) is 5.56 Å². The van der Waals surface area contributed by atoms with Gasteiger partial charge in [0, 0.05) is 32.2 Å². The van der Waals surface area contributed by atoms with E-state index >= 15 is 0 Å². The van der Waals surface area contributed by atoms with Crippen LogP contribution in [0.1, 0.15) is 19.3 Å². The van der Waals surface area contributed by atoms with E-state index < -0.39 is 0 Å². The van der Waals surface area contributed by atoms with Crippen LogP contribution in [0.3, 0.4) is 0 Å². The number of nitrogens with one attached hydrogen (secondary N) is 1. The fourth-order valence-electron chi connectivity index (χ4n) is 4.35. The van der Waals surface area contributed by atoms with E-state index in [1.165, 1.54) is 6.42 Å². The molecule has 2 saturated heterocycles. The number of hydrogen-bond acceptors (Lipinski definition) is 6. The second-order valence-electron chi connectivity index (χ2n) is 7.77. The van der Waals surface area contributed by atoms with Gasteiger partial charge in [0.2, 0.25) is 5.95 Å². The normalized spacial score (nSPS) is 21.0. The predicted octanol–water partition coefficient (Wildman–Crippen LogP) is 1.80. The van der Waals surface area contributed by atoms with Crippen LogP contribution >= 0.6 is 0 Å². The Morgan fingerprint density at radius 3 is 2.76 bits per heavy atom. The minimum absolute atomic E-state index is 0.136. The first-order valence-electron chi connectivity index (χ1n) is 10.4. The second kappa shape index (κ2) is 7.96. The van der Waals surface area contributed by atoms with Crippen molar-refractivity contribution in [1.29, 1.82) is 0 Å². The molecule has 2 fully saturated rings. The Bertz CT molecular complexity index is 1020. The molecule has 2 aliphatic heterocycles. The number of benzene rings is 1. The summed E-state index contributed by atoms with van der Waals surface area (Å²) in [6.07, 6.45) is 5.02. The minimum Gasteiger partial charge on any atom is -0.379 e. The van der Waals surface area contributed by atoms with Crippen molar-refractivity contribution in [3.05, 3.63) is 46.9 Å². The average molecular weight is 394 g/mol. The van der Waals surface area contributed by atoms with Crippen LogP contribution in [-0.4, -0.2) is 70.1 Å². The molecule has 29 heavy (non-hydrogen) atoms. The number of hydrogen-bond donors (Lipinski definition) is 1. The number of H-pyrrole nitrogens is 1. The zero-order chi connectivity index (χ0) is 19.6. The molecule has 1 aromatic carbocycles. The summed E-state index contributed by atoms with van der Waals surface area (Å²) in [6, 6.07) is 10.2. The lowest BCUT2D eigenvalue weighted by Crippen LogP contribution is -2.50. The van der Waals surface area contributed by atoms with Crippen molar-refractivity contribution in [2.24, 2.45) is 0 Å². The summed E-state index contributed by atoms with van der Waals surface area (Å²) in [4.78, 5) is 25.4. The molecule has 1 atom stereocenters. The molecule has 5 rings (SSSR count). The Kier molecular flexibility index (Phi) is 5.03. The fourth-order valence-corrected chi connectivity index (χ4v) is 4.35. The summed E-state index contributed by atoms with van der Waals surface area (Å²) in [5, 5.41) is 4.93. The maximum absolute atomic E-state index is 12.8. The first kappa shape index (κ1) is 18.3. The first-order valence-corrected chi connectivity index (χ1v) is 10.4. The summed E-state index contributed by atoms with van der Waals surface area (Å²) < 4.78 is 7.23. The summed E-state index contributed by atoms with van der Waals surface area (Å²) in [5.74, 6) is 0.651. The van der Waals surface area contributed by atoms with Crippen molar-refractivity contribution in [3.8, 4) is 5.69 Å². The number of aromatic nitrogens is 4. The van der Waals surface area contributed by atoms with Crippen LogP contribution in [0.15, 0.2) is 41.3 Å². The van der Waals surface area contributed by atoms with Crippen molar-refractivity contribution >= 4 is 17.0 Å². The molecule has 0 aliphatic carbocycles. The number of morpholine rings is 1. The molecule has 152 valence electrons. The van der Waals surface area contributed by atoms with Gasteiger partial charge in [-0.1, -0.05) is 18.2 Å². The summed E-state index contributed by atoms with van der Waals surface area (Å²) >= 11 is 0. The molecular formula is C21H26N6O2. The molecule has 2 aromatic heterocycles. The van der Waals surface area contributed by atoms with Crippen molar-refractivity contribution in [2.45, 2.75) is 25.3 Å². The van der Waals surface area contributed by atoms with Crippen molar-refractivity contribution in [1.82, 2.24) is 24.6 Å². The molecule has 0 spiro atoms. The Labute approximate surface area is 169 Å². The van der Waals surface area contributed by atoms with Gasteiger partial charge in [-0.05, 0) is 31.4 Å². The summed E-state index contributed by atoms with van der Waals surface area (Å²) in [6.45, 7) is 5.40.